The van der Waals surface area contributed by atoms with Crippen molar-refractivity contribution in [3.05, 3.63) is 5.82 Å². The minimum Gasteiger partial charge on any atom is -0.345 e. The third-order valence-corrected chi connectivity index (χ3v) is 3.92. The highest BCUT2D eigenvalue weighted by atomic mass is 16.2. The molecule has 1 N–H and O–H groups in total. The maximum absolute atomic E-state index is 12.2. The molecule has 0 bridgehead atoms. The second-order valence-corrected chi connectivity index (χ2v) is 5.10. The number of carbonyl (C=O) groups is 2. The monoisotopic (exact) mass is 264 g/mol. The van der Waals surface area contributed by atoms with E-state index in [1.165, 1.54) is 4.80 Å². The van der Waals surface area contributed by atoms with Crippen LogP contribution < -0.4 is 5.32 Å². The van der Waals surface area contributed by atoms with E-state index >= 15 is 0 Å². The van der Waals surface area contributed by atoms with E-state index in [2.05, 4.69) is 20.7 Å². The van der Waals surface area contributed by atoms with Crippen molar-refractivity contribution in [2.45, 2.75) is 37.8 Å². The average Bonchev–Trinajstić information content (AvgIpc) is 3.01. The highest BCUT2D eigenvalue weighted by Crippen LogP contribution is 2.37. The summed E-state index contributed by atoms with van der Waals surface area (Å²) in [5.74, 6) is 0.347. The SMILES string of the molecule is Cn1nnc(CN2C(=O)CNC(=O)C23CCCC3)n1. The summed E-state index contributed by atoms with van der Waals surface area (Å²) < 4.78 is 0. The molecule has 102 valence electrons. The van der Waals surface area contributed by atoms with Gasteiger partial charge < -0.3 is 10.2 Å². The average molecular weight is 264 g/mol. The van der Waals surface area contributed by atoms with Crippen LogP contribution in [0.1, 0.15) is 31.5 Å². The minimum absolute atomic E-state index is 0.0477. The normalized spacial score (nSPS) is 22.1. The molecule has 3 rings (SSSR count). The number of rotatable bonds is 2. The molecular formula is C11H16N6O2. The van der Waals surface area contributed by atoms with Crippen molar-refractivity contribution < 1.29 is 9.59 Å². The highest BCUT2D eigenvalue weighted by molar-refractivity contribution is 5.98. The van der Waals surface area contributed by atoms with Crippen molar-refractivity contribution in [1.29, 1.82) is 0 Å². The molecule has 2 heterocycles. The Morgan fingerprint density at radius 3 is 2.68 bits per heavy atom. The molecule has 1 spiro atoms. The van der Waals surface area contributed by atoms with Gasteiger partial charge in [0.05, 0.1) is 20.1 Å². The zero-order valence-electron chi connectivity index (χ0n) is 10.8. The Morgan fingerprint density at radius 2 is 2.05 bits per heavy atom. The van der Waals surface area contributed by atoms with Gasteiger partial charge in [-0.2, -0.15) is 4.80 Å². The van der Waals surface area contributed by atoms with Gasteiger partial charge in [-0.1, -0.05) is 12.8 Å². The Bertz CT molecular complexity index is 519. The molecule has 1 aliphatic carbocycles. The molecule has 0 atom stereocenters. The molecule has 0 unspecified atom stereocenters. The molecule has 0 radical (unpaired) electrons. The van der Waals surface area contributed by atoms with Crippen LogP contribution in [0.25, 0.3) is 0 Å². The molecule has 1 saturated carbocycles. The van der Waals surface area contributed by atoms with Crippen molar-refractivity contribution in [1.82, 2.24) is 30.4 Å². The summed E-state index contributed by atoms with van der Waals surface area (Å²) in [5, 5.41) is 14.4. The molecule has 2 amide bonds. The molecular weight excluding hydrogens is 248 g/mol. The molecule has 1 aromatic heterocycles. The molecule has 2 fully saturated rings. The predicted octanol–water partition coefficient (Wildman–Crippen LogP) is -1.02. The van der Waals surface area contributed by atoms with E-state index in [1.54, 1.807) is 11.9 Å². The molecule has 8 heteroatoms. The first-order valence-corrected chi connectivity index (χ1v) is 6.43. The maximum atomic E-state index is 12.2. The van der Waals surface area contributed by atoms with Crippen LogP contribution in [0, 0.1) is 0 Å². The van der Waals surface area contributed by atoms with E-state index in [1.807, 2.05) is 0 Å². The third kappa shape index (κ3) is 1.87. The number of nitrogens with one attached hydrogen (secondary N) is 1. The third-order valence-electron chi connectivity index (χ3n) is 3.92. The molecule has 0 aromatic carbocycles. The molecule has 19 heavy (non-hydrogen) atoms. The Balaban J connectivity index is 1.90. The predicted molar refractivity (Wildman–Crippen MR) is 63.6 cm³/mol. The van der Waals surface area contributed by atoms with Crippen LogP contribution in [-0.4, -0.2) is 49.0 Å². The van der Waals surface area contributed by atoms with E-state index in [9.17, 15) is 9.59 Å². The molecule has 1 aromatic rings. The molecule has 2 aliphatic rings. The van der Waals surface area contributed by atoms with Gasteiger partial charge in [0, 0.05) is 0 Å². The topological polar surface area (TPSA) is 93.0 Å². The van der Waals surface area contributed by atoms with Gasteiger partial charge in [-0.05, 0) is 18.1 Å². The number of carbonyl (C=O) groups excluding carboxylic acids is 2. The summed E-state index contributed by atoms with van der Waals surface area (Å²) in [6.07, 6.45) is 3.35. The smallest absolute Gasteiger partial charge is 0.246 e. The Kier molecular flexibility index (Phi) is 2.72. The fourth-order valence-electron chi connectivity index (χ4n) is 3.00. The number of hydrogen-bond acceptors (Lipinski definition) is 5. The van der Waals surface area contributed by atoms with Crippen molar-refractivity contribution in [3.8, 4) is 0 Å². The summed E-state index contributed by atoms with van der Waals surface area (Å²) in [4.78, 5) is 27.3. The molecule has 1 aliphatic heterocycles. The number of piperazine rings is 1. The van der Waals surface area contributed by atoms with Crippen LogP contribution in [0.3, 0.4) is 0 Å². The van der Waals surface area contributed by atoms with Crippen molar-refractivity contribution >= 4 is 11.8 Å². The van der Waals surface area contributed by atoms with Crippen LogP contribution in [0.4, 0.5) is 0 Å². The Labute approximate surface area is 110 Å². The van der Waals surface area contributed by atoms with Gasteiger partial charge in [0.1, 0.15) is 5.54 Å². The number of tetrazole rings is 1. The summed E-state index contributed by atoms with van der Waals surface area (Å²) >= 11 is 0. The van der Waals surface area contributed by atoms with Crippen LogP contribution in [0.5, 0.6) is 0 Å². The van der Waals surface area contributed by atoms with E-state index < -0.39 is 5.54 Å². The molecule has 1 saturated heterocycles. The number of aryl methyl sites for hydroxylation is 1. The zero-order chi connectivity index (χ0) is 13.5. The van der Waals surface area contributed by atoms with Gasteiger partial charge in [0.15, 0.2) is 5.82 Å². The fraction of sp³-hybridized carbons (Fsp3) is 0.727. The first kappa shape index (κ1) is 12.1. The lowest BCUT2D eigenvalue weighted by atomic mass is 9.91. The standard InChI is InChI=1S/C11H16N6O2/c1-16-14-8(13-15-16)7-17-9(18)6-12-10(19)11(17)4-2-3-5-11/h2-7H2,1H3,(H,12,19). The lowest BCUT2D eigenvalue weighted by Crippen LogP contribution is -2.65. The second-order valence-electron chi connectivity index (χ2n) is 5.10. The summed E-state index contributed by atoms with van der Waals surface area (Å²) in [5.41, 5.74) is -0.700. The minimum atomic E-state index is -0.700. The van der Waals surface area contributed by atoms with Crippen molar-refractivity contribution in [2.75, 3.05) is 6.54 Å². The largest absolute Gasteiger partial charge is 0.345 e. The van der Waals surface area contributed by atoms with Gasteiger partial charge in [0.25, 0.3) is 0 Å². The summed E-state index contributed by atoms with van der Waals surface area (Å²) in [7, 11) is 1.67. The van der Waals surface area contributed by atoms with E-state index in [0.29, 0.717) is 18.7 Å². The number of hydrogen-bond donors (Lipinski definition) is 1. The van der Waals surface area contributed by atoms with Crippen LogP contribution in [0.2, 0.25) is 0 Å². The second kappa shape index (κ2) is 4.29. The molecule has 8 nitrogen and oxygen atoms in total. The lowest BCUT2D eigenvalue weighted by molar-refractivity contribution is -0.154. The van der Waals surface area contributed by atoms with Crippen LogP contribution >= 0.6 is 0 Å². The highest BCUT2D eigenvalue weighted by Gasteiger charge is 2.51. The first-order chi connectivity index (χ1) is 9.12. The summed E-state index contributed by atoms with van der Waals surface area (Å²) in [6.45, 7) is 0.306. The number of amides is 2. The van der Waals surface area contributed by atoms with Crippen molar-refractivity contribution in [2.24, 2.45) is 7.05 Å². The van der Waals surface area contributed by atoms with Gasteiger partial charge in [-0.25, -0.2) is 0 Å². The van der Waals surface area contributed by atoms with Gasteiger partial charge >= 0.3 is 0 Å². The quantitative estimate of drug-likeness (QED) is 0.738. The Hall–Kier alpha value is -1.99. The van der Waals surface area contributed by atoms with E-state index in [0.717, 1.165) is 12.8 Å². The van der Waals surface area contributed by atoms with Gasteiger partial charge in [-0.15, -0.1) is 10.2 Å². The van der Waals surface area contributed by atoms with Gasteiger partial charge in [0.2, 0.25) is 11.8 Å². The first-order valence-electron chi connectivity index (χ1n) is 6.43. The van der Waals surface area contributed by atoms with E-state index in [4.69, 9.17) is 0 Å². The van der Waals surface area contributed by atoms with Crippen molar-refractivity contribution in [3.63, 3.8) is 0 Å². The lowest BCUT2D eigenvalue weighted by Gasteiger charge is -2.42. The Morgan fingerprint density at radius 1 is 1.32 bits per heavy atom. The number of nitrogens with zero attached hydrogens (tertiary/aromatic N) is 5. The van der Waals surface area contributed by atoms with Crippen LogP contribution in [-0.2, 0) is 23.2 Å². The fourth-order valence-corrected chi connectivity index (χ4v) is 3.00. The van der Waals surface area contributed by atoms with E-state index in [-0.39, 0.29) is 24.9 Å². The van der Waals surface area contributed by atoms with Gasteiger partial charge in [-0.3, -0.25) is 9.59 Å². The maximum Gasteiger partial charge on any atom is 0.246 e. The van der Waals surface area contributed by atoms with Crippen LogP contribution in [0.15, 0.2) is 0 Å². The summed E-state index contributed by atoms with van der Waals surface area (Å²) in [6, 6.07) is 0. The zero-order valence-corrected chi connectivity index (χ0v) is 10.8. The number of aromatic nitrogens is 4.